The molecule has 0 atom stereocenters. The first-order valence-electron chi connectivity index (χ1n) is 9.65. The van der Waals surface area contributed by atoms with Crippen LogP contribution in [0.25, 0.3) is 0 Å². The molecule has 0 aromatic carbocycles. The zero-order valence-corrected chi connectivity index (χ0v) is 18.7. The van der Waals surface area contributed by atoms with Crippen LogP contribution in [0.4, 0.5) is 4.79 Å². The summed E-state index contributed by atoms with van der Waals surface area (Å²) in [7, 11) is 0. The molecule has 0 unspecified atom stereocenters. The number of hydrogen-bond acceptors (Lipinski definition) is 4. The predicted molar refractivity (Wildman–Crippen MR) is 110 cm³/mol. The number of carbonyl (C=O) groups excluding carboxylic acids is 2. The summed E-state index contributed by atoms with van der Waals surface area (Å²) in [6.45, 7) is 8.68. The van der Waals surface area contributed by atoms with Gasteiger partial charge in [-0.25, -0.2) is 4.79 Å². The standard InChI is InChI=1S/C19H29IN4O3/c1-12(25)23-10-9-16-15(11-23)17(20)22-24(16)14-7-5-13(6-8-14)21-18(26)27-19(2,3)4/h13-14H,5-11H2,1-4H3,(H,21,26). The van der Waals surface area contributed by atoms with E-state index in [1.165, 1.54) is 11.3 Å². The fourth-order valence-corrected chi connectivity index (χ4v) is 4.63. The molecule has 2 heterocycles. The molecule has 1 saturated carbocycles. The largest absolute Gasteiger partial charge is 0.444 e. The Hall–Kier alpha value is -1.32. The van der Waals surface area contributed by atoms with E-state index < -0.39 is 5.60 Å². The molecule has 0 bridgehead atoms. The zero-order valence-electron chi connectivity index (χ0n) is 16.5. The van der Waals surface area contributed by atoms with Crippen LogP contribution < -0.4 is 5.32 Å². The third-order valence-corrected chi connectivity index (χ3v) is 6.11. The molecule has 1 fully saturated rings. The fraction of sp³-hybridized carbons (Fsp3) is 0.737. The van der Waals surface area contributed by atoms with Gasteiger partial charge in [-0.1, -0.05) is 0 Å². The molecule has 8 heteroatoms. The van der Waals surface area contributed by atoms with Gasteiger partial charge < -0.3 is 15.0 Å². The highest BCUT2D eigenvalue weighted by atomic mass is 127. The van der Waals surface area contributed by atoms with E-state index in [-0.39, 0.29) is 18.0 Å². The van der Waals surface area contributed by atoms with Gasteiger partial charge in [-0.15, -0.1) is 0 Å². The molecule has 1 aromatic rings. The number of nitrogens with one attached hydrogen (secondary N) is 1. The molecular formula is C19H29IN4O3. The quantitative estimate of drug-likeness (QED) is 0.648. The highest BCUT2D eigenvalue weighted by Gasteiger charge is 2.31. The Kier molecular flexibility index (Phi) is 6.02. The Bertz CT molecular complexity index is 717. The summed E-state index contributed by atoms with van der Waals surface area (Å²) < 4.78 is 8.55. The normalized spacial score (nSPS) is 22.9. The molecule has 0 spiro atoms. The zero-order chi connectivity index (χ0) is 19.8. The lowest BCUT2D eigenvalue weighted by Gasteiger charge is -2.32. The average Bonchev–Trinajstić information content (AvgIpc) is 2.90. The van der Waals surface area contributed by atoms with Gasteiger partial charge in [-0.3, -0.25) is 9.48 Å². The van der Waals surface area contributed by atoms with Crippen molar-refractivity contribution in [3.8, 4) is 0 Å². The third kappa shape index (κ3) is 4.94. The van der Waals surface area contributed by atoms with E-state index in [9.17, 15) is 9.59 Å². The molecule has 2 aliphatic rings. The van der Waals surface area contributed by atoms with Crippen LogP contribution in [0.1, 0.15) is 70.7 Å². The van der Waals surface area contributed by atoms with Crippen molar-refractivity contribution in [2.45, 2.75) is 84.0 Å². The highest BCUT2D eigenvalue weighted by Crippen LogP contribution is 2.33. The van der Waals surface area contributed by atoms with Crippen LogP contribution in [-0.4, -0.2) is 44.9 Å². The Morgan fingerprint density at radius 3 is 2.48 bits per heavy atom. The Labute approximate surface area is 174 Å². The number of nitrogens with zero attached hydrogens (tertiary/aromatic N) is 3. The molecule has 0 saturated heterocycles. The van der Waals surface area contributed by atoms with Crippen molar-refractivity contribution in [2.75, 3.05) is 6.54 Å². The number of aromatic nitrogens is 2. The maximum absolute atomic E-state index is 12.0. The van der Waals surface area contributed by atoms with Crippen LogP contribution in [0.15, 0.2) is 0 Å². The van der Waals surface area contributed by atoms with E-state index in [0.717, 1.165) is 42.3 Å². The number of amides is 2. The van der Waals surface area contributed by atoms with Crippen LogP contribution in [0, 0.1) is 3.70 Å². The lowest BCUT2D eigenvalue weighted by Crippen LogP contribution is -2.41. The molecule has 3 rings (SSSR count). The van der Waals surface area contributed by atoms with Gasteiger partial charge in [-0.05, 0) is 69.0 Å². The first-order valence-corrected chi connectivity index (χ1v) is 10.7. The van der Waals surface area contributed by atoms with Crippen molar-refractivity contribution >= 4 is 34.6 Å². The number of fused-ring (bicyclic) bond motifs is 1. The van der Waals surface area contributed by atoms with E-state index >= 15 is 0 Å². The van der Waals surface area contributed by atoms with Gasteiger partial charge in [0.2, 0.25) is 5.91 Å². The first-order chi connectivity index (χ1) is 12.6. The van der Waals surface area contributed by atoms with Gasteiger partial charge >= 0.3 is 6.09 Å². The Morgan fingerprint density at radius 2 is 1.89 bits per heavy atom. The van der Waals surface area contributed by atoms with Gasteiger partial charge in [0, 0.05) is 37.2 Å². The second-order valence-corrected chi connectivity index (χ2v) is 9.52. The number of carbonyl (C=O) groups is 2. The lowest BCUT2D eigenvalue weighted by molar-refractivity contribution is -0.129. The van der Waals surface area contributed by atoms with Gasteiger partial charge in [0.05, 0.1) is 12.6 Å². The summed E-state index contributed by atoms with van der Waals surface area (Å²) >= 11 is 2.28. The molecule has 150 valence electrons. The second-order valence-electron chi connectivity index (χ2n) is 8.50. The summed E-state index contributed by atoms with van der Waals surface area (Å²) in [5, 5.41) is 7.79. The second kappa shape index (κ2) is 7.97. The number of alkyl carbamates (subject to hydrolysis) is 1. The van der Waals surface area contributed by atoms with Crippen LogP contribution in [0.2, 0.25) is 0 Å². The molecule has 0 radical (unpaired) electrons. The molecule has 1 aromatic heterocycles. The average molecular weight is 488 g/mol. The van der Waals surface area contributed by atoms with Gasteiger partial charge in [0.25, 0.3) is 0 Å². The van der Waals surface area contributed by atoms with Gasteiger partial charge in [0.1, 0.15) is 9.30 Å². The van der Waals surface area contributed by atoms with E-state index in [4.69, 9.17) is 9.84 Å². The summed E-state index contributed by atoms with van der Waals surface area (Å²) in [5.74, 6) is 0.123. The van der Waals surface area contributed by atoms with Crippen molar-refractivity contribution in [1.29, 1.82) is 0 Å². The van der Waals surface area contributed by atoms with Crippen molar-refractivity contribution < 1.29 is 14.3 Å². The SMILES string of the molecule is CC(=O)N1CCc2c(c(I)nn2C2CCC(NC(=O)OC(C)(C)C)CC2)C1. The van der Waals surface area contributed by atoms with Gasteiger partial charge in [-0.2, -0.15) is 5.10 Å². The van der Waals surface area contributed by atoms with E-state index in [0.29, 0.717) is 12.6 Å². The van der Waals surface area contributed by atoms with Crippen molar-refractivity contribution in [2.24, 2.45) is 0 Å². The first kappa shape index (κ1) is 20.4. The van der Waals surface area contributed by atoms with Crippen molar-refractivity contribution in [3.63, 3.8) is 0 Å². The minimum Gasteiger partial charge on any atom is -0.444 e. The number of hydrogen-bond donors (Lipinski definition) is 1. The number of rotatable bonds is 2. The number of ether oxygens (including phenoxy) is 1. The number of halogens is 1. The lowest BCUT2D eigenvalue weighted by atomic mass is 9.91. The summed E-state index contributed by atoms with van der Waals surface area (Å²) in [5.41, 5.74) is 2.01. The molecule has 1 N–H and O–H groups in total. The summed E-state index contributed by atoms with van der Waals surface area (Å²) in [6, 6.07) is 0.526. The maximum atomic E-state index is 12.0. The maximum Gasteiger partial charge on any atom is 0.407 e. The van der Waals surface area contributed by atoms with Crippen LogP contribution in [0.3, 0.4) is 0 Å². The highest BCUT2D eigenvalue weighted by molar-refractivity contribution is 14.1. The molecule has 7 nitrogen and oxygen atoms in total. The minimum absolute atomic E-state index is 0.123. The monoisotopic (exact) mass is 488 g/mol. The Morgan fingerprint density at radius 1 is 1.22 bits per heavy atom. The van der Waals surface area contributed by atoms with Crippen molar-refractivity contribution in [3.05, 3.63) is 15.0 Å². The molecular weight excluding hydrogens is 459 g/mol. The fourth-order valence-electron chi connectivity index (χ4n) is 3.92. The predicted octanol–water partition coefficient (Wildman–Crippen LogP) is 3.40. The van der Waals surface area contributed by atoms with Crippen molar-refractivity contribution in [1.82, 2.24) is 20.0 Å². The molecule has 1 aliphatic heterocycles. The van der Waals surface area contributed by atoms with E-state index in [1.54, 1.807) is 6.92 Å². The van der Waals surface area contributed by atoms with Crippen LogP contribution >= 0.6 is 22.6 Å². The van der Waals surface area contributed by atoms with E-state index in [1.807, 2.05) is 25.7 Å². The summed E-state index contributed by atoms with van der Waals surface area (Å²) in [6.07, 6.45) is 4.35. The molecule has 27 heavy (non-hydrogen) atoms. The smallest absolute Gasteiger partial charge is 0.407 e. The minimum atomic E-state index is -0.472. The van der Waals surface area contributed by atoms with Gasteiger partial charge in [0.15, 0.2) is 0 Å². The van der Waals surface area contributed by atoms with E-state index in [2.05, 4.69) is 32.6 Å². The topological polar surface area (TPSA) is 76.5 Å². The summed E-state index contributed by atoms with van der Waals surface area (Å²) in [4.78, 5) is 25.6. The third-order valence-electron chi connectivity index (χ3n) is 5.25. The molecule has 1 aliphatic carbocycles. The van der Waals surface area contributed by atoms with Crippen LogP contribution in [0.5, 0.6) is 0 Å². The Balaban J connectivity index is 1.60. The molecule has 2 amide bonds. The van der Waals surface area contributed by atoms with Crippen LogP contribution in [-0.2, 0) is 22.5 Å².